The van der Waals surface area contributed by atoms with E-state index in [0.29, 0.717) is 12.5 Å². The summed E-state index contributed by atoms with van der Waals surface area (Å²) in [4.78, 5) is 8.64. The van der Waals surface area contributed by atoms with Gasteiger partial charge in [-0.25, -0.2) is 4.98 Å². The molecular formula is C17H18N4O. The van der Waals surface area contributed by atoms with Crippen LogP contribution in [-0.4, -0.2) is 9.97 Å². The summed E-state index contributed by atoms with van der Waals surface area (Å²) in [6.45, 7) is 3.38. The standard InChI is InChI=1S/C17H18N4O/c1-13-4-2-5-14(10-13)11-19-16-7-8-18-17(21-16)20-12-15-6-3-9-22-15/h2-10H,11-12H2,1H3,(H2,18,19,20,21). The molecule has 0 aliphatic rings. The molecule has 5 heteroatoms. The highest BCUT2D eigenvalue weighted by molar-refractivity contribution is 5.40. The van der Waals surface area contributed by atoms with Crippen LogP contribution in [0, 0.1) is 6.92 Å². The van der Waals surface area contributed by atoms with E-state index >= 15 is 0 Å². The van der Waals surface area contributed by atoms with Crippen LogP contribution in [0.4, 0.5) is 11.8 Å². The Morgan fingerprint density at radius 2 is 2.00 bits per heavy atom. The molecule has 0 fully saturated rings. The van der Waals surface area contributed by atoms with E-state index in [1.807, 2.05) is 18.2 Å². The van der Waals surface area contributed by atoms with Crippen LogP contribution in [0.3, 0.4) is 0 Å². The first-order chi connectivity index (χ1) is 10.8. The molecule has 22 heavy (non-hydrogen) atoms. The molecule has 2 N–H and O–H groups in total. The monoisotopic (exact) mass is 294 g/mol. The number of nitrogens with one attached hydrogen (secondary N) is 2. The van der Waals surface area contributed by atoms with E-state index < -0.39 is 0 Å². The van der Waals surface area contributed by atoms with Crippen molar-refractivity contribution in [2.75, 3.05) is 10.6 Å². The molecule has 112 valence electrons. The van der Waals surface area contributed by atoms with E-state index in [2.05, 4.69) is 51.8 Å². The minimum Gasteiger partial charge on any atom is -0.467 e. The van der Waals surface area contributed by atoms with E-state index in [1.54, 1.807) is 12.5 Å². The van der Waals surface area contributed by atoms with Gasteiger partial charge in [0.05, 0.1) is 12.8 Å². The zero-order valence-electron chi connectivity index (χ0n) is 12.4. The van der Waals surface area contributed by atoms with E-state index in [-0.39, 0.29) is 0 Å². The Labute approximate surface area is 129 Å². The molecule has 2 aromatic heterocycles. The number of nitrogens with zero attached hydrogens (tertiary/aromatic N) is 2. The van der Waals surface area contributed by atoms with Crippen LogP contribution in [0.15, 0.2) is 59.3 Å². The summed E-state index contributed by atoms with van der Waals surface area (Å²) in [5.41, 5.74) is 2.48. The fourth-order valence-electron chi connectivity index (χ4n) is 2.14. The highest BCUT2D eigenvalue weighted by Crippen LogP contribution is 2.10. The summed E-state index contributed by atoms with van der Waals surface area (Å²) in [6.07, 6.45) is 3.38. The molecular weight excluding hydrogens is 276 g/mol. The molecule has 0 saturated carbocycles. The number of aryl methyl sites for hydroxylation is 1. The average molecular weight is 294 g/mol. The third kappa shape index (κ3) is 3.85. The molecule has 5 nitrogen and oxygen atoms in total. The number of hydrogen-bond donors (Lipinski definition) is 2. The largest absolute Gasteiger partial charge is 0.467 e. The summed E-state index contributed by atoms with van der Waals surface area (Å²) in [5, 5.41) is 6.45. The van der Waals surface area contributed by atoms with Gasteiger partial charge in [-0.1, -0.05) is 29.8 Å². The van der Waals surface area contributed by atoms with Crippen LogP contribution < -0.4 is 10.6 Å². The maximum atomic E-state index is 5.27. The predicted molar refractivity (Wildman–Crippen MR) is 86.6 cm³/mol. The van der Waals surface area contributed by atoms with Gasteiger partial charge in [-0.2, -0.15) is 4.98 Å². The van der Waals surface area contributed by atoms with Crippen LogP contribution in [-0.2, 0) is 13.1 Å². The Balaban J connectivity index is 1.59. The molecule has 0 aliphatic heterocycles. The fraction of sp³-hybridized carbons (Fsp3) is 0.176. The molecule has 0 radical (unpaired) electrons. The second kappa shape index (κ2) is 6.76. The molecule has 0 unspecified atom stereocenters. The van der Waals surface area contributed by atoms with Crippen molar-refractivity contribution in [2.24, 2.45) is 0 Å². The predicted octanol–water partition coefficient (Wildman–Crippen LogP) is 3.60. The van der Waals surface area contributed by atoms with Gasteiger partial charge >= 0.3 is 0 Å². The first kappa shape index (κ1) is 14.1. The third-order valence-electron chi connectivity index (χ3n) is 3.21. The molecule has 0 amide bonds. The first-order valence-corrected chi connectivity index (χ1v) is 7.18. The lowest BCUT2D eigenvalue weighted by Gasteiger charge is -2.08. The van der Waals surface area contributed by atoms with Gasteiger partial charge in [0.15, 0.2) is 0 Å². The van der Waals surface area contributed by atoms with E-state index in [4.69, 9.17) is 4.42 Å². The van der Waals surface area contributed by atoms with E-state index in [0.717, 1.165) is 18.1 Å². The number of anilines is 2. The SMILES string of the molecule is Cc1cccc(CNc2ccnc(NCc3ccco3)n2)c1. The molecule has 3 rings (SSSR count). The lowest BCUT2D eigenvalue weighted by Crippen LogP contribution is -2.06. The molecule has 0 saturated heterocycles. The Morgan fingerprint density at radius 1 is 1.05 bits per heavy atom. The fourth-order valence-corrected chi connectivity index (χ4v) is 2.14. The van der Waals surface area contributed by atoms with Crippen molar-refractivity contribution in [2.45, 2.75) is 20.0 Å². The van der Waals surface area contributed by atoms with E-state index in [1.165, 1.54) is 11.1 Å². The Hall–Kier alpha value is -2.82. The second-order valence-corrected chi connectivity index (χ2v) is 5.04. The summed E-state index contributed by atoms with van der Waals surface area (Å²) < 4.78 is 5.27. The van der Waals surface area contributed by atoms with Crippen LogP contribution in [0.1, 0.15) is 16.9 Å². The highest BCUT2D eigenvalue weighted by atomic mass is 16.3. The van der Waals surface area contributed by atoms with Crippen molar-refractivity contribution < 1.29 is 4.42 Å². The van der Waals surface area contributed by atoms with Gasteiger partial charge < -0.3 is 15.1 Å². The molecule has 0 spiro atoms. The number of furan rings is 1. The van der Waals surface area contributed by atoms with Crippen molar-refractivity contribution in [3.05, 3.63) is 71.8 Å². The minimum atomic E-state index is 0.564. The lowest BCUT2D eigenvalue weighted by molar-refractivity contribution is 0.517. The topological polar surface area (TPSA) is 63.0 Å². The maximum absolute atomic E-state index is 5.27. The van der Waals surface area contributed by atoms with Gasteiger partial charge in [-0.05, 0) is 30.7 Å². The highest BCUT2D eigenvalue weighted by Gasteiger charge is 2.01. The third-order valence-corrected chi connectivity index (χ3v) is 3.21. The van der Waals surface area contributed by atoms with Gasteiger partial charge in [-0.15, -0.1) is 0 Å². The van der Waals surface area contributed by atoms with Crippen molar-refractivity contribution in [3.8, 4) is 0 Å². The molecule has 3 aromatic rings. The van der Waals surface area contributed by atoms with E-state index in [9.17, 15) is 0 Å². The maximum Gasteiger partial charge on any atom is 0.224 e. The van der Waals surface area contributed by atoms with Crippen molar-refractivity contribution in [1.29, 1.82) is 0 Å². The number of rotatable bonds is 6. The molecule has 1 aromatic carbocycles. The number of hydrogen-bond acceptors (Lipinski definition) is 5. The smallest absolute Gasteiger partial charge is 0.224 e. The van der Waals surface area contributed by atoms with Gasteiger partial charge in [0.25, 0.3) is 0 Å². The van der Waals surface area contributed by atoms with Crippen LogP contribution >= 0.6 is 0 Å². The molecule has 2 heterocycles. The summed E-state index contributed by atoms with van der Waals surface area (Å²) in [7, 11) is 0. The minimum absolute atomic E-state index is 0.564. The first-order valence-electron chi connectivity index (χ1n) is 7.18. The zero-order valence-corrected chi connectivity index (χ0v) is 12.4. The second-order valence-electron chi connectivity index (χ2n) is 5.04. The lowest BCUT2D eigenvalue weighted by atomic mass is 10.1. The van der Waals surface area contributed by atoms with Gasteiger partial charge in [0.2, 0.25) is 5.95 Å². The summed E-state index contributed by atoms with van der Waals surface area (Å²) in [6, 6.07) is 14.0. The molecule has 0 atom stereocenters. The Bertz CT molecular complexity index is 725. The summed E-state index contributed by atoms with van der Waals surface area (Å²) in [5.74, 6) is 2.21. The van der Waals surface area contributed by atoms with Crippen LogP contribution in [0.2, 0.25) is 0 Å². The van der Waals surface area contributed by atoms with Crippen LogP contribution in [0.25, 0.3) is 0 Å². The van der Waals surface area contributed by atoms with Crippen molar-refractivity contribution >= 4 is 11.8 Å². The average Bonchev–Trinajstić information content (AvgIpc) is 3.05. The van der Waals surface area contributed by atoms with Gasteiger partial charge in [0.1, 0.15) is 11.6 Å². The Morgan fingerprint density at radius 3 is 2.82 bits per heavy atom. The number of aromatic nitrogens is 2. The van der Waals surface area contributed by atoms with Gasteiger partial charge in [-0.3, -0.25) is 0 Å². The molecule has 0 bridgehead atoms. The normalized spacial score (nSPS) is 10.4. The quantitative estimate of drug-likeness (QED) is 0.727. The van der Waals surface area contributed by atoms with Crippen molar-refractivity contribution in [1.82, 2.24) is 9.97 Å². The molecule has 0 aliphatic carbocycles. The van der Waals surface area contributed by atoms with Crippen LogP contribution in [0.5, 0.6) is 0 Å². The van der Waals surface area contributed by atoms with Gasteiger partial charge in [0, 0.05) is 12.7 Å². The summed E-state index contributed by atoms with van der Waals surface area (Å²) >= 11 is 0. The Kier molecular flexibility index (Phi) is 4.34. The number of benzene rings is 1. The van der Waals surface area contributed by atoms with Crippen molar-refractivity contribution in [3.63, 3.8) is 0 Å². The zero-order chi connectivity index (χ0) is 15.2.